The number of H-pyrrole nitrogens is 1. The summed E-state index contributed by atoms with van der Waals surface area (Å²) in [6.45, 7) is 0. The van der Waals surface area contributed by atoms with Crippen LogP contribution in [0, 0.1) is 0 Å². The first-order valence-electron chi connectivity index (χ1n) is 6.24. The smallest absolute Gasteiger partial charge is 0.354 e. The molecule has 1 atom stereocenters. The van der Waals surface area contributed by atoms with Crippen LogP contribution in [0.4, 0.5) is 0 Å². The van der Waals surface area contributed by atoms with Crippen LogP contribution < -0.4 is 0 Å². The minimum absolute atomic E-state index is 0.284. The van der Waals surface area contributed by atoms with Crippen LogP contribution in [0.5, 0.6) is 0 Å². The van der Waals surface area contributed by atoms with Gasteiger partial charge in [-0.15, -0.1) is 0 Å². The summed E-state index contributed by atoms with van der Waals surface area (Å²) in [5.74, 6) is -0.0358. The Bertz CT molecular complexity index is 633. The number of benzene rings is 1. The monoisotopic (exact) mass is 275 g/mol. The molecule has 0 fully saturated rings. The van der Waals surface area contributed by atoms with Crippen LogP contribution in [0.25, 0.3) is 0 Å². The number of nitrogens with one attached hydrogen (secondary N) is 1. The zero-order valence-electron chi connectivity index (χ0n) is 10.6. The number of aromatic nitrogens is 1. The molecule has 0 aliphatic heterocycles. The van der Waals surface area contributed by atoms with Crippen molar-refractivity contribution < 1.29 is 9.53 Å². The van der Waals surface area contributed by atoms with Gasteiger partial charge in [0.1, 0.15) is 5.69 Å². The topological polar surface area (TPSA) is 42.1 Å². The molecular formula is C15H14ClNO2. The summed E-state index contributed by atoms with van der Waals surface area (Å²) in [6, 6.07) is 9.78. The van der Waals surface area contributed by atoms with Crippen molar-refractivity contribution in [2.45, 2.75) is 18.8 Å². The van der Waals surface area contributed by atoms with Crippen molar-refractivity contribution in [3.05, 3.63) is 57.9 Å². The van der Waals surface area contributed by atoms with E-state index in [4.69, 9.17) is 16.3 Å². The number of fused-ring (bicyclic) bond motifs is 1. The quantitative estimate of drug-likeness (QED) is 0.852. The summed E-state index contributed by atoms with van der Waals surface area (Å²) in [6.07, 6.45) is 2.02. The highest BCUT2D eigenvalue weighted by molar-refractivity contribution is 6.30. The summed E-state index contributed by atoms with van der Waals surface area (Å²) < 4.78 is 4.74. The van der Waals surface area contributed by atoms with E-state index in [-0.39, 0.29) is 11.9 Å². The Morgan fingerprint density at radius 3 is 3.00 bits per heavy atom. The van der Waals surface area contributed by atoms with E-state index in [9.17, 15) is 4.79 Å². The minimum atomic E-state index is -0.320. The van der Waals surface area contributed by atoms with Crippen LogP contribution in [0.1, 0.15) is 39.6 Å². The molecule has 4 heteroatoms. The number of rotatable bonds is 2. The van der Waals surface area contributed by atoms with E-state index < -0.39 is 0 Å². The van der Waals surface area contributed by atoms with E-state index in [0.29, 0.717) is 5.69 Å². The minimum Gasteiger partial charge on any atom is -0.464 e. The van der Waals surface area contributed by atoms with Crippen molar-refractivity contribution >= 4 is 17.6 Å². The summed E-state index contributed by atoms with van der Waals surface area (Å²) in [4.78, 5) is 14.7. The van der Waals surface area contributed by atoms with Crippen LogP contribution in [0.2, 0.25) is 5.02 Å². The molecule has 0 bridgehead atoms. The third-order valence-electron chi connectivity index (χ3n) is 3.64. The van der Waals surface area contributed by atoms with E-state index in [0.717, 1.165) is 23.6 Å². The van der Waals surface area contributed by atoms with Gasteiger partial charge in [0.2, 0.25) is 0 Å². The third kappa shape index (κ3) is 2.15. The van der Waals surface area contributed by atoms with Crippen molar-refractivity contribution in [2.24, 2.45) is 0 Å². The number of esters is 1. The molecule has 1 aliphatic rings. The number of hydrogen-bond acceptors (Lipinski definition) is 2. The van der Waals surface area contributed by atoms with E-state index in [2.05, 4.69) is 11.1 Å². The molecule has 0 saturated carbocycles. The number of aromatic amines is 1. The van der Waals surface area contributed by atoms with Crippen molar-refractivity contribution in [3.63, 3.8) is 0 Å². The average Bonchev–Trinajstić information content (AvgIpc) is 2.97. The zero-order chi connectivity index (χ0) is 13.4. The number of carbonyl (C=O) groups is 1. The van der Waals surface area contributed by atoms with Gasteiger partial charge in [-0.2, -0.15) is 0 Å². The Kier molecular flexibility index (Phi) is 3.07. The van der Waals surface area contributed by atoms with Crippen LogP contribution in [0.3, 0.4) is 0 Å². The number of hydrogen-bond donors (Lipinski definition) is 1. The largest absolute Gasteiger partial charge is 0.464 e. The molecule has 3 nitrogen and oxygen atoms in total. The van der Waals surface area contributed by atoms with Gasteiger partial charge in [-0.3, -0.25) is 0 Å². The molecule has 1 unspecified atom stereocenters. The molecule has 0 amide bonds. The van der Waals surface area contributed by atoms with Crippen LogP contribution >= 0.6 is 11.6 Å². The second-order valence-electron chi connectivity index (χ2n) is 4.76. The maximum atomic E-state index is 11.5. The van der Waals surface area contributed by atoms with Gasteiger partial charge in [0, 0.05) is 16.6 Å². The van der Waals surface area contributed by atoms with E-state index >= 15 is 0 Å². The van der Waals surface area contributed by atoms with Crippen LogP contribution in [0.15, 0.2) is 30.3 Å². The standard InChI is InChI=1S/C15H14ClNO2/c1-19-15(18)13-8-10-5-6-12(14(10)17-13)9-3-2-4-11(16)7-9/h2-4,7-8,12,17H,5-6H2,1H3. The predicted octanol–water partition coefficient (Wildman–Crippen LogP) is 3.53. The second kappa shape index (κ2) is 4.74. The fourth-order valence-electron chi connectivity index (χ4n) is 2.75. The van der Waals surface area contributed by atoms with Gasteiger partial charge in [0.25, 0.3) is 0 Å². The molecule has 0 saturated heterocycles. The average molecular weight is 276 g/mol. The second-order valence-corrected chi connectivity index (χ2v) is 5.20. The van der Waals surface area contributed by atoms with Gasteiger partial charge in [-0.1, -0.05) is 23.7 Å². The first-order valence-corrected chi connectivity index (χ1v) is 6.62. The van der Waals surface area contributed by atoms with Gasteiger partial charge >= 0.3 is 5.97 Å². The Labute approximate surface area is 116 Å². The molecule has 2 aromatic rings. The molecular weight excluding hydrogens is 262 g/mol. The lowest BCUT2D eigenvalue weighted by atomic mass is 9.97. The number of carbonyl (C=O) groups excluding carboxylic acids is 1. The molecule has 0 radical (unpaired) electrons. The summed E-state index contributed by atoms with van der Waals surface area (Å²) in [5, 5.41) is 0.741. The molecule has 1 aliphatic carbocycles. The molecule has 19 heavy (non-hydrogen) atoms. The van der Waals surface area contributed by atoms with E-state index in [1.807, 2.05) is 24.3 Å². The normalized spacial score (nSPS) is 17.3. The number of halogens is 1. The molecule has 1 heterocycles. The first-order chi connectivity index (χ1) is 9.19. The van der Waals surface area contributed by atoms with Crippen molar-refractivity contribution in [3.8, 4) is 0 Å². The summed E-state index contributed by atoms with van der Waals surface area (Å²) in [7, 11) is 1.39. The van der Waals surface area contributed by atoms with Gasteiger partial charge < -0.3 is 9.72 Å². The lowest BCUT2D eigenvalue weighted by Gasteiger charge is -2.11. The maximum absolute atomic E-state index is 11.5. The number of methoxy groups -OCH3 is 1. The SMILES string of the molecule is COC(=O)c1cc2c([nH]1)C(c1cccc(Cl)c1)CC2. The van der Waals surface area contributed by atoms with Crippen molar-refractivity contribution in [1.29, 1.82) is 0 Å². The van der Waals surface area contributed by atoms with Crippen molar-refractivity contribution in [2.75, 3.05) is 7.11 Å². The fraction of sp³-hybridized carbons (Fsp3) is 0.267. The van der Waals surface area contributed by atoms with Crippen molar-refractivity contribution in [1.82, 2.24) is 4.98 Å². The van der Waals surface area contributed by atoms with E-state index in [1.165, 1.54) is 18.2 Å². The molecule has 0 spiro atoms. The lowest BCUT2D eigenvalue weighted by molar-refractivity contribution is 0.0594. The fourth-order valence-corrected chi connectivity index (χ4v) is 2.95. The molecule has 1 aromatic carbocycles. The number of aryl methyl sites for hydroxylation is 1. The Morgan fingerprint density at radius 1 is 1.42 bits per heavy atom. The molecule has 98 valence electrons. The Morgan fingerprint density at radius 2 is 2.26 bits per heavy atom. The number of ether oxygens (including phenoxy) is 1. The first kappa shape index (κ1) is 12.3. The van der Waals surface area contributed by atoms with Gasteiger partial charge in [0.05, 0.1) is 7.11 Å². The summed E-state index contributed by atoms with van der Waals surface area (Å²) >= 11 is 6.04. The lowest BCUT2D eigenvalue weighted by Crippen LogP contribution is -2.03. The zero-order valence-corrected chi connectivity index (χ0v) is 11.3. The highest BCUT2D eigenvalue weighted by atomic mass is 35.5. The highest BCUT2D eigenvalue weighted by Crippen LogP contribution is 2.38. The molecule has 3 rings (SSSR count). The maximum Gasteiger partial charge on any atom is 0.354 e. The van der Waals surface area contributed by atoms with Crippen LogP contribution in [-0.4, -0.2) is 18.1 Å². The van der Waals surface area contributed by atoms with Gasteiger partial charge in [-0.25, -0.2) is 4.79 Å². The molecule has 1 aromatic heterocycles. The van der Waals surface area contributed by atoms with Gasteiger partial charge in [0.15, 0.2) is 0 Å². The highest BCUT2D eigenvalue weighted by Gasteiger charge is 2.28. The van der Waals surface area contributed by atoms with E-state index in [1.54, 1.807) is 0 Å². The molecule has 1 N–H and O–H groups in total. The Hall–Kier alpha value is -1.74. The summed E-state index contributed by atoms with van der Waals surface area (Å²) in [5.41, 5.74) is 4.02. The van der Waals surface area contributed by atoms with Crippen LogP contribution in [-0.2, 0) is 11.2 Å². The van der Waals surface area contributed by atoms with Gasteiger partial charge in [-0.05, 0) is 42.2 Å². The predicted molar refractivity (Wildman–Crippen MR) is 73.7 cm³/mol. The third-order valence-corrected chi connectivity index (χ3v) is 3.88. The Balaban J connectivity index is 1.97.